The summed E-state index contributed by atoms with van der Waals surface area (Å²) >= 11 is 5.86. The number of ketones is 1. The van der Waals surface area contributed by atoms with Crippen LogP contribution >= 0.6 is 11.6 Å². The minimum Gasteiger partial charge on any atom is -0.454 e. The largest absolute Gasteiger partial charge is 0.454 e. The molecule has 0 unspecified atom stereocenters. The number of Topliss-reactive ketones (excluding diaryl/α,β-unsaturated/α-hetero) is 1. The maximum absolute atomic E-state index is 13.0. The first-order valence-electron chi connectivity index (χ1n) is 9.50. The Morgan fingerprint density at radius 2 is 1.71 bits per heavy atom. The standard InChI is InChI=1S/C23H20ClNO3/c24-16-12-10-15(11-13-16)21(26)14-28-23(27)22-17-6-2-1-3-8-19(17)25-20-9-5-4-7-18(20)22/h4-5,7,9-13H,1-3,6,8,14H2. The predicted octanol–water partition coefficient (Wildman–Crippen LogP) is 5.20. The highest BCUT2D eigenvalue weighted by atomic mass is 35.5. The molecule has 0 atom stereocenters. The lowest BCUT2D eigenvalue weighted by atomic mass is 9.97. The molecule has 0 saturated heterocycles. The average Bonchev–Trinajstić information content (AvgIpc) is 2.95. The summed E-state index contributed by atoms with van der Waals surface area (Å²) in [6.07, 6.45) is 4.89. The highest BCUT2D eigenvalue weighted by Crippen LogP contribution is 2.29. The van der Waals surface area contributed by atoms with Gasteiger partial charge in [-0.25, -0.2) is 4.79 Å². The van der Waals surface area contributed by atoms with Crippen LogP contribution in [0.2, 0.25) is 5.02 Å². The maximum atomic E-state index is 13.0. The summed E-state index contributed by atoms with van der Waals surface area (Å²) in [5.74, 6) is -0.714. The molecule has 1 aliphatic carbocycles. The molecule has 142 valence electrons. The van der Waals surface area contributed by atoms with Gasteiger partial charge in [-0.2, -0.15) is 0 Å². The van der Waals surface area contributed by atoms with Crippen LogP contribution in [-0.4, -0.2) is 23.3 Å². The normalized spacial score (nSPS) is 13.6. The third kappa shape index (κ3) is 3.78. The van der Waals surface area contributed by atoms with E-state index in [0.29, 0.717) is 16.1 Å². The van der Waals surface area contributed by atoms with Gasteiger partial charge in [0.15, 0.2) is 12.4 Å². The van der Waals surface area contributed by atoms with Crippen molar-refractivity contribution in [2.45, 2.75) is 32.1 Å². The number of carbonyl (C=O) groups is 2. The number of nitrogens with zero attached hydrogens (tertiary/aromatic N) is 1. The molecule has 0 amide bonds. The molecule has 5 heteroatoms. The SMILES string of the molecule is O=C(COC(=O)c1c2c(nc3ccccc13)CCCCC2)c1ccc(Cl)cc1. The molecule has 0 aliphatic heterocycles. The molecule has 0 spiro atoms. The van der Waals surface area contributed by atoms with Gasteiger partial charge in [0.2, 0.25) is 0 Å². The fourth-order valence-corrected chi connectivity index (χ4v) is 3.83. The molecule has 1 aromatic heterocycles. The van der Waals surface area contributed by atoms with Crippen LogP contribution in [0.25, 0.3) is 10.9 Å². The first kappa shape index (κ1) is 18.6. The number of fused-ring (bicyclic) bond motifs is 2. The van der Waals surface area contributed by atoms with Gasteiger partial charge in [-0.05, 0) is 61.6 Å². The van der Waals surface area contributed by atoms with Crippen molar-refractivity contribution in [2.24, 2.45) is 0 Å². The second-order valence-corrected chi connectivity index (χ2v) is 7.43. The molecule has 1 heterocycles. The lowest BCUT2D eigenvalue weighted by Gasteiger charge is -2.14. The van der Waals surface area contributed by atoms with Crippen molar-refractivity contribution in [2.75, 3.05) is 6.61 Å². The number of aryl methyl sites for hydroxylation is 1. The van der Waals surface area contributed by atoms with Crippen LogP contribution in [0.4, 0.5) is 0 Å². The van der Waals surface area contributed by atoms with E-state index >= 15 is 0 Å². The topological polar surface area (TPSA) is 56.3 Å². The first-order chi connectivity index (χ1) is 13.6. The van der Waals surface area contributed by atoms with Crippen molar-refractivity contribution in [1.82, 2.24) is 4.98 Å². The Kier molecular flexibility index (Phi) is 5.40. The van der Waals surface area contributed by atoms with Gasteiger partial charge in [0.05, 0.1) is 11.1 Å². The number of halogens is 1. The monoisotopic (exact) mass is 393 g/mol. The molecule has 0 fully saturated rings. The van der Waals surface area contributed by atoms with Gasteiger partial charge >= 0.3 is 5.97 Å². The average molecular weight is 394 g/mol. The Morgan fingerprint density at radius 1 is 0.964 bits per heavy atom. The molecular weight excluding hydrogens is 374 g/mol. The van der Waals surface area contributed by atoms with E-state index in [-0.39, 0.29) is 12.4 Å². The summed E-state index contributed by atoms with van der Waals surface area (Å²) in [5, 5.41) is 1.34. The van der Waals surface area contributed by atoms with Crippen LogP contribution in [0.3, 0.4) is 0 Å². The Hall–Kier alpha value is -2.72. The number of carbonyl (C=O) groups excluding carboxylic acids is 2. The Bertz CT molecular complexity index is 1040. The van der Waals surface area contributed by atoms with Crippen LogP contribution in [0.5, 0.6) is 0 Å². The lowest BCUT2D eigenvalue weighted by molar-refractivity contribution is 0.0475. The number of aromatic nitrogens is 1. The maximum Gasteiger partial charge on any atom is 0.339 e. The number of hydrogen-bond acceptors (Lipinski definition) is 4. The third-order valence-electron chi connectivity index (χ3n) is 5.12. The van der Waals surface area contributed by atoms with Crippen molar-refractivity contribution < 1.29 is 14.3 Å². The van der Waals surface area contributed by atoms with Crippen LogP contribution in [0.1, 0.15) is 51.2 Å². The molecule has 0 saturated carbocycles. The van der Waals surface area contributed by atoms with E-state index in [1.165, 1.54) is 0 Å². The second-order valence-electron chi connectivity index (χ2n) is 7.00. The van der Waals surface area contributed by atoms with Gasteiger partial charge in [-0.15, -0.1) is 0 Å². The molecule has 0 radical (unpaired) electrons. The van der Waals surface area contributed by atoms with Crippen LogP contribution in [-0.2, 0) is 17.6 Å². The van der Waals surface area contributed by atoms with Gasteiger partial charge < -0.3 is 4.74 Å². The molecular formula is C23H20ClNO3. The minimum absolute atomic E-state index is 0.255. The van der Waals surface area contributed by atoms with Crippen LogP contribution < -0.4 is 0 Å². The number of hydrogen-bond donors (Lipinski definition) is 0. The van der Waals surface area contributed by atoms with E-state index < -0.39 is 5.97 Å². The van der Waals surface area contributed by atoms with Gasteiger partial charge in [-0.3, -0.25) is 9.78 Å². The molecule has 0 N–H and O–H groups in total. The van der Waals surface area contributed by atoms with Crippen molar-refractivity contribution in [3.63, 3.8) is 0 Å². The fourth-order valence-electron chi connectivity index (χ4n) is 3.70. The Balaban J connectivity index is 1.64. The van der Waals surface area contributed by atoms with E-state index in [1.54, 1.807) is 24.3 Å². The number of para-hydroxylation sites is 1. The first-order valence-corrected chi connectivity index (χ1v) is 9.87. The number of ether oxygens (including phenoxy) is 1. The lowest BCUT2D eigenvalue weighted by Crippen LogP contribution is -2.17. The number of rotatable bonds is 4. The Labute approximate surface area is 168 Å². The summed E-state index contributed by atoms with van der Waals surface area (Å²) in [4.78, 5) is 30.2. The molecule has 4 nitrogen and oxygen atoms in total. The number of esters is 1. The van der Waals surface area contributed by atoms with Gasteiger partial charge in [0.1, 0.15) is 0 Å². The summed E-state index contributed by atoms with van der Waals surface area (Å²) < 4.78 is 5.44. The third-order valence-corrected chi connectivity index (χ3v) is 5.38. The zero-order valence-corrected chi connectivity index (χ0v) is 16.2. The van der Waals surface area contributed by atoms with Gasteiger partial charge in [0.25, 0.3) is 0 Å². The summed E-state index contributed by atoms with van der Waals surface area (Å²) in [6.45, 7) is -0.300. The van der Waals surface area contributed by atoms with E-state index in [9.17, 15) is 9.59 Å². The highest BCUT2D eigenvalue weighted by Gasteiger charge is 2.23. The molecule has 28 heavy (non-hydrogen) atoms. The number of pyridine rings is 1. The summed E-state index contributed by atoms with van der Waals surface area (Å²) in [6, 6.07) is 14.2. The molecule has 4 rings (SSSR count). The van der Waals surface area contributed by atoms with Gasteiger partial charge in [-0.1, -0.05) is 36.2 Å². The fraction of sp³-hybridized carbons (Fsp3) is 0.261. The van der Waals surface area contributed by atoms with Crippen molar-refractivity contribution in [3.05, 3.63) is 75.9 Å². The smallest absolute Gasteiger partial charge is 0.339 e. The zero-order valence-electron chi connectivity index (χ0n) is 15.4. The quantitative estimate of drug-likeness (QED) is 0.347. The van der Waals surface area contributed by atoms with Crippen LogP contribution in [0.15, 0.2) is 48.5 Å². The van der Waals surface area contributed by atoms with E-state index in [1.807, 2.05) is 24.3 Å². The van der Waals surface area contributed by atoms with Gasteiger partial charge in [0, 0.05) is 21.7 Å². The number of benzene rings is 2. The molecule has 1 aliphatic rings. The van der Waals surface area contributed by atoms with E-state index in [2.05, 4.69) is 0 Å². The van der Waals surface area contributed by atoms with E-state index in [4.69, 9.17) is 21.3 Å². The molecule has 2 aromatic carbocycles. The van der Waals surface area contributed by atoms with Crippen molar-refractivity contribution >= 4 is 34.3 Å². The van der Waals surface area contributed by atoms with E-state index in [0.717, 1.165) is 54.3 Å². The molecule has 3 aromatic rings. The predicted molar refractivity (Wildman–Crippen MR) is 109 cm³/mol. The summed E-state index contributed by atoms with van der Waals surface area (Å²) in [5.41, 5.74) is 3.77. The highest BCUT2D eigenvalue weighted by molar-refractivity contribution is 6.30. The van der Waals surface area contributed by atoms with Crippen LogP contribution in [0, 0.1) is 0 Å². The Morgan fingerprint density at radius 3 is 2.54 bits per heavy atom. The zero-order chi connectivity index (χ0) is 19.5. The van der Waals surface area contributed by atoms with Crippen molar-refractivity contribution in [3.8, 4) is 0 Å². The molecule has 0 bridgehead atoms. The second kappa shape index (κ2) is 8.11. The summed E-state index contributed by atoms with van der Waals surface area (Å²) in [7, 11) is 0. The minimum atomic E-state index is -0.459. The van der Waals surface area contributed by atoms with Crippen molar-refractivity contribution in [1.29, 1.82) is 0 Å².